The fraction of sp³-hybridized carbons (Fsp3) is 0.727. The molecule has 0 radical (unpaired) electrons. The predicted molar refractivity (Wildman–Crippen MR) is 58.7 cm³/mol. The third-order valence-corrected chi connectivity index (χ3v) is 2.98. The Labute approximate surface area is 90.6 Å². The zero-order chi connectivity index (χ0) is 10.7. The number of nitrogens with one attached hydrogen (secondary N) is 1. The summed E-state index contributed by atoms with van der Waals surface area (Å²) in [6.07, 6.45) is 4.37. The second-order valence-electron chi connectivity index (χ2n) is 4.14. The molecule has 2 heterocycles. The molecule has 1 N–H and O–H groups in total. The van der Waals surface area contributed by atoms with Crippen LogP contribution in [0.25, 0.3) is 0 Å². The number of hydrogen-bond acceptors (Lipinski definition) is 3. The molecule has 2 rings (SSSR count). The van der Waals surface area contributed by atoms with Gasteiger partial charge >= 0.3 is 0 Å². The summed E-state index contributed by atoms with van der Waals surface area (Å²) < 4.78 is 5.12. The van der Waals surface area contributed by atoms with Crippen LogP contribution in [0.1, 0.15) is 30.4 Å². The van der Waals surface area contributed by atoms with Gasteiger partial charge < -0.3 is 9.72 Å². The first-order valence-electron chi connectivity index (χ1n) is 5.55. The van der Waals surface area contributed by atoms with Gasteiger partial charge in [0, 0.05) is 25.5 Å². The number of H-pyrrole nitrogens is 1. The van der Waals surface area contributed by atoms with Crippen molar-refractivity contribution in [1.82, 2.24) is 14.9 Å². The summed E-state index contributed by atoms with van der Waals surface area (Å²) in [5, 5.41) is 0. The molecule has 4 heteroatoms. The number of nitrogens with zero attached hydrogens (tertiary/aromatic N) is 2. The third kappa shape index (κ3) is 2.38. The van der Waals surface area contributed by atoms with Gasteiger partial charge in [0.05, 0.1) is 12.6 Å². The van der Waals surface area contributed by atoms with Crippen LogP contribution in [-0.2, 0) is 4.74 Å². The summed E-state index contributed by atoms with van der Waals surface area (Å²) in [4.78, 5) is 10.2. The molecule has 0 aliphatic carbocycles. The highest BCUT2D eigenvalue weighted by Crippen LogP contribution is 2.29. The molecule has 1 fully saturated rings. The van der Waals surface area contributed by atoms with E-state index < -0.39 is 0 Å². The maximum absolute atomic E-state index is 5.12. The van der Waals surface area contributed by atoms with Gasteiger partial charge in [-0.2, -0.15) is 0 Å². The minimum atomic E-state index is 0.467. The van der Waals surface area contributed by atoms with Crippen molar-refractivity contribution in [2.75, 3.05) is 26.8 Å². The summed E-state index contributed by atoms with van der Waals surface area (Å²) >= 11 is 0. The molecule has 0 saturated carbocycles. The molecule has 1 aromatic rings. The van der Waals surface area contributed by atoms with Crippen molar-refractivity contribution < 1.29 is 4.74 Å². The smallest absolute Gasteiger partial charge is 0.123 e. The minimum Gasteiger partial charge on any atom is -0.383 e. The van der Waals surface area contributed by atoms with Crippen LogP contribution in [0.2, 0.25) is 0 Å². The van der Waals surface area contributed by atoms with Crippen LogP contribution in [0.4, 0.5) is 0 Å². The van der Waals surface area contributed by atoms with E-state index in [-0.39, 0.29) is 0 Å². The molecular weight excluding hydrogens is 190 g/mol. The van der Waals surface area contributed by atoms with Gasteiger partial charge in [-0.15, -0.1) is 0 Å². The molecule has 1 saturated heterocycles. The van der Waals surface area contributed by atoms with Crippen LogP contribution >= 0.6 is 0 Å². The van der Waals surface area contributed by atoms with Crippen LogP contribution in [-0.4, -0.2) is 41.7 Å². The monoisotopic (exact) mass is 209 g/mol. The lowest BCUT2D eigenvalue weighted by atomic mass is 10.2. The van der Waals surface area contributed by atoms with Crippen molar-refractivity contribution in [2.45, 2.75) is 25.8 Å². The molecule has 1 atom stereocenters. The Balaban J connectivity index is 2.01. The number of aromatic amines is 1. The van der Waals surface area contributed by atoms with E-state index in [4.69, 9.17) is 4.74 Å². The van der Waals surface area contributed by atoms with Crippen LogP contribution < -0.4 is 0 Å². The van der Waals surface area contributed by atoms with Gasteiger partial charge in [-0.05, 0) is 26.3 Å². The van der Waals surface area contributed by atoms with Crippen molar-refractivity contribution in [3.8, 4) is 0 Å². The molecule has 84 valence electrons. The number of ether oxygens (including phenoxy) is 1. The average molecular weight is 209 g/mol. The lowest BCUT2D eigenvalue weighted by Gasteiger charge is -2.22. The zero-order valence-corrected chi connectivity index (χ0v) is 9.49. The van der Waals surface area contributed by atoms with Crippen molar-refractivity contribution in [2.24, 2.45) is 0 Å². The molecule has 15 heavy (non-hydrogen) atoms. The van der Waals surface area contributed by atoms with Crippen molar-refractivity contribution >= 4 is 0 Å². The number of methoxy groups -OCH3 is 1. The minimum absolute atomic E-state index is 0.467. The number of likely N-dealkylation sites (tertiary alicyclic amines) is 1. The number of imidazole rings is 1. The Hall–Kier alpha value is -0.870. The normalized spacial score (nSPS) is 22.4. The second kappa shape index (κ2) is 4.77. The average Bonchev–Trinajstić information content (AvgIpc) is 2.82. The molecule has 1 aromatic heterocycles. The molecule has 0 aromatic carbocycles. The molecule has 0 amide bonds. The quantitative estimate of drug-likeness (QED) is 0.817. The van der Waals surface area contributed by atoms with E-state index in [9.17, 15) is 0 Å². The van der Waals surface area contributed by atoms with Crippen LogP contribution in [0.15, 0.2) is 6.20 Å². The molecule has 4 nitrogen and oxygen atoms in total. The molecular formula is C11H19N3O. The second-order valence-corrected chi connectivity index (χ2v) is 4.14. The van der Waals surface area contributed by atoms with E-state index in [1.54, 1.807) is 7.11 Å². The lowest BCUT2D eigenvalue weighted by molar-refractivity contribution is 0.139. The van der Waals surface area contributed by atoms with E-state index in [0.29, 0.717) is 6.04 Å². The number of rotatable bonds is 4. The topological polar surface area (TPSA) is 41.1 Å². The fourth-order valence-electron chi connectivity index (χ4n) is 2.21. The van der Waals surface area contributed by atoms with Gasteiger partial charge in [0.2, 0.25) is 0 Å². The van der Waals surface area contributed by atoms with Gasteiger partial charge in [0.25, 0.3) is 0 Å². The Bertz CT molecular complexity index is 311. The van der Waals surface area contributed by atoms with E-state index >= 15 is 0 Å². The largest absolute Gasteiger partial charge is 0.383 e. The highest BCUT2D eigenvalue weighted by atomic mass is 16.5. The van der Waals surface area contributed by atoms with Gasteiger partial charge in [-0.1, -0.05) is 0 Å². The molecule has 0 spiro atoms. The maximum atomic E-state index is 5.12. The lowest BCUT2D eigenvalue weighted by Crippen LogP contribution is -2.27. The first-order chi connectivity index (χ1) is 7.31. The number of hydrogen-bond donors (Lipinski definition) is 1. The summed E-state index contributed by atoms with van der Waals surface area (Å²) in [5.41, 5.74) is 1.14. The molecule has 0 unspecified atom stereocenters. The van der Waals surface area contributed by atoms with Crippen molar-refractivity contribution in [3.05, 3.63) is 17.7 Å². The van der Waals surface area contributed by atoms with Crippen molar-refractivity contribution in [3.63, 3.8) is 0 Å². The predicted octanol–water partition coefficient (Wildman–Crippen LogP) is 1.50. The Morgan fingerprint density at radius 1 is 1.67 bits per heavy atom. The highest BCUT2D eigenvalue weighted by molar-refractivity contribution is 5.05. The fourth-order valence-corrected chi connectivity index (χ4v) is 2.21. The van der Waals surface area contributed by atoms with Gasteiger partial charge in [0.1, 0.15) is 5.82 Å². The van der Waals surface area contributed by atoms with Gasteiger partial charge in [-0.3, -0.25) is 4.90 Å². The van der Waals surface area contributed by atoms with Crippen molar-refractivity contribution in [1.29, 1.82) is 0 Å². The zero-order valence-electron chi connectivity index (χ0n) is 9.49. The van der Waals surface area contributed by atoms with Gasteiger partial charge in [0.15, 0.2) is 0 Å². The summed E-state index contributed by atoms with van der Waals surface area (Å²) in [6, 6.07) is 0.467. The first kappa shape index (κ1) is 10.6. The van der Waals surface area contributed by atoms with Gasteiger partial charge in [-0.25, -0.2) is 4.98 Å². The maximum Gasteiger partial charge on any atom is 0.123 e. The Kier molecular flexibility index (Phi) is 3.38. The van der Waals surface area contributed by atoms with Crippen LogP contribution in [0, 0.1) is 6.92 Å². The summed E-state index contributed by atoms with van der Waals surface area (Å²) in [5.74, 6) is 1.11. The van der Waals surface area contributed by atoms with E-state index in [1.807, 2.05) is 13.1 Å². The number of aromatic nitrogens is 2. The van der Waals surface area contributed by atoms with Crippen LogP contribution in [0.5, 0.6) is 0 Å². The Morgan fingerprint density at radius 2 is 2.53 bits per heavy atom. The van der Waals surface area contributed by atoms with Crippen LogP contribution in [0.3, 0.4) is 0 Å². The van der Waals surface area contributed by atoms with E-state index in [1.165, 1.54) is 12.8 Å². The number of aryl methyl sites for hydroxylation is 1. The molecule has 1 aliphatic rings. The summed E-state index contributed by atoms with van der Waals surface area (Å²) in [7, 11) is 1.75. The molecule has 1 aliphatic heterocycles. The van der Waals surface area contributed by atoms with E-state index in [2.05, 4.69) is 14.9 Å². The standard InChI is InChI=1S/C11H19N3O/c1-9-8-12-11(13-9)10-4-3-5-14(10)6-7-15-2/h8,10H,3-7H2,1-2H3,(H,12,13)/t10-/m0/s1. The molecule has 0 bridgehead atoms. The summed E-state index contributed by atoms with van der Waals surface area (Å²) in [6.45, 7) is 5.01. The first-order valence-corrected chi connectivity index (χ1v) is 5.55. The van der Waals surface area contributed by atoms with E-state index in [0.717, 1.165) is 31.2 Å². The third-order valence-electron chi connectivity index (χ3n) is 2.98. The Morgan fingerprint density at radius 3 is 3.20 bits per heavy atom. The SMILES string of the molecule is COCCN1CCC[C@H]1c1ncc(C)[nH]1. The highest BCUT2D eigenvalue weighted by Gasteiger charge is 2.27.